The number of fused-ring (bicyclic) bond motifs is 1. The molecule has 17 heavy (non-hydrogen) atoms. The van der Waals surface area contributed by atoms with Crippen molar-refractivity contribution in [3.8, 4) is 0 Å². The second kappa shape index (κ2) is 4.63. The molecule has 0 aromatic carbocycles. The molecule has 0 saturated heterocycles. The molecule has 5 nitrogen and oxygen atoms in total. The molecule has 3 N–H and O–H groups in total. The zero-order valence-electron chi connectivity index (χ0n) is 9.97. The van der Waals surface area contributed by atoms with Gasteiger partial charge in [0, 0.05) is 6.20 Å². The van der Waals surface area contributed by atoms with Crippen LogP contribution in [0.3, 0.4) is 0 Å². The average molecular weight is 232 g/mol. The van der Waals surface area contributed by atoms with Crippen molar-refractivity contribution >= 4 is 10.9 Å². The molecule has 5 heteroatoms. The molecule has 0 fully saturated rings. The molecule has 0 aliphatic heterocycles. The van der Waals surface area contributed by atoms with E-state index in [0.717, 1.165) is 6.42 Å². The van der Waals surface area contributed by atoms with Crippen molar-refractivity contribution < 1.29 is 0 Å². The van der Waals surface area contributed by atoms with E-state index in [1.807, 2.05) is 0 Å². The first-order valence-corrected chi connectivity index (χ1v) is 5.67. The summed E-state index contributed by atoms with van der Waals surface area (Å²) in [5, 5.41) is 0.542. The molecular formula is C12H16N4O. The maximum Gasteiger partial charge on any atom is 0.258 e. The topological polar surface area (TPSA) is 84.7 Å². The lowest BCUT2D eigenvalue weighted by atomic mass is 10.0. The summed E-state index contributed by atoms with van der Waals surface area (Å²) in [7, 11) is 0. The SMILES string of the molecule is CC(C)C[C@H](N)c1nc2cnccc2c(=O)[nH]1. The lowest BCUT2D eigenvalue weighted by Gasteiger charge is -2.13. The number of pyridine rings is 1. The minimum Gasteiger partial charge on any atom is -0.321 e. The lowest BCUT2D eigenvalue weighted by Crippen LogP contribution is -2.21. The van der Waals surface area contributed by atoms with Gasteiger partial charge in [-0.15, -0.1) is 0 Å². The Labute approximate surface area is 99.1 Å². The summed E-state index contributed by atoms with van der Waals surface area (Å²) in [5.74, 6) is 0.990. The van der Waals surface area contributed by atoms with Gasteiger partial charge in [-0.1, -0.05) is 13.8 Å². The number of H-pyrrole nitrogens is 1. The third-order valence-corrected chi connectivity index (χ3v) is 2.60. The van der Waals surface area contributed by atoms with Gasteiger partial charge in [-0.2, -0.15) is 0 Å². The zero-order chi connectivity index (χ0) is 12.4. The van der Waals surface area contributed by atoms with Crippen LogP contribution in [0.2, 0.25) is 0 Å². The number of nitrogens with zero attached hydrogens (tertiary/aromatic N) is 2. The van der Waals surface area contributed by atoms with Crippen LogP contribution in [0, 0.1) is 5.92 Å². The van der Waals surface area contributed by atoms with Gasteiger partial charge in [0.1, 0.15) is 5.82 Å². The largest absolute Gasteiger partial charge is 0.321 e. The van der Waals surface area contributed by atoms with Gasteiger partial charge in [-0.05, 0) is 18.4 Å². The minimum absolute atomic E-state index is 0.161. The zero-order valence-corrected chi connectivity index (χ0v) is 9.97. The first-order chi connectivity index (χ1) is 8.08. The Morgan fingerprint density at radius 2 is 2.24 bits per heavy atom. The van der Waals surface area contributed by atoms with Crippen LogP contribution in [0.25, 0.3) is 10.9 Å². The second-order valence-electron chi connectivity index (χ2n) is 4.58. The highest BCUT2D eigenvalue weighted by Crippen LogP contribution is 2.15. The molecule has 2 aromatic rings. The van der Waals surface area contributed by atoms with E-state index in [4.69, 9.17) is 5.73 Å². The van der Waals surface area contributed by atoms with E-state index in [-0.39, 0.29) is 11.6 Å². The average Bonchev–Trinajstić information content (AvgIpc) is 2.28. The van der Waals surface area contributed by atoms with Crippen LogP contribution in [0.4, 0.5) is 0 Å². The Balaban J connectivity index is 2.46. The van der Waals surface area contributed by atoms with E-state index < -0.39 is 0 Å². The highest BCUT2D eigenvalue weighted by atomic mass is 16.1. The van der Waals surface area contributed by atoms with Gasteiger partial charge < -0.3 is 10.7 Å². The van der Waals surface area contributed by atoms with Crippen molar-refractivity contribution in [1.29, 1.82) is 0 Å². The maximum atomic E-state index is 11.8. The van der Waals surface area contributed by atoms with E-state index in [1.54, 1.807) is 18.5 Å². The summed E-state index contributed by atoms with van der Waals surface area (Å²) < 4.78 is 0. The highest BCUT2D eigenvalue weighted by Gasteiger charge is 2.12. The first-order valence-electron chi connectivity index (χ1n) is 5.67. The molecule has 2 rings (SSSR count). The van der Waals surface area contributed by atoms with E-state index in [9.17, 15) is 4.79 Å². The molecule has 0 radical (unpaired) electrons. The fourth-order valence-corrected chi connectivity index (χ4v) is 1.80. The molecule has 0 spiro atoms. The fourth-order valence-electron chi connectivity index (χ4n) is 1.80. The van der Waals surface area contributed by atoms with Crippen LogP contribution in [-0.4, -0.2) is 15.0 Å². The molecule has 0 amide bonds. The van der Waals surface area contributed by atoms with Crippen LogP contribution in [-0.2, 0) is 0 Å². The van der Waals surface area contributed by atoms with E-state index in [1.165, 1.54) is 0 Å². The van der Waals surface area contributed by atoms with Gasteiger partial charge in [-0.25, -0.2) is 4.98 Å². The van der Waals surface area contributed by atoms with Crippen molar-refractivity contribution in [3.63, 3.8) is 0 Å². The van der Waals surface area contributed by atoms with Crippen LogP contribution >= 0.6 is 0 Å². The molecule has 2 aromatic heterocycles. The van der Waals surface area contributed by atoms with Crippen LogP contribution in [0.15, 0.2) is 23.3 Å². The Bertz CT molecular complexity index is 576. The van der Waals surface area contributed by atoms with Crippen molar-refractivity contribution in [1.82, 2.24) is 15.0 Å². The molecule has 0 unspecified atom stereocenters. The summed E-state index contributed by atoms with van der Waals surface area (Å²) in [5.41, 5.74) is 6.43. The highest BCUT2D eigenvalue weighted by molar-refractivity contribution is 5.75. The predicted octanol–water partition coefficient (Wildman–Crippen LogP) is 1.36. The number of hydrogen-bond donors (Lipinski definition) is 2. The van der Waals surface area contributed by atoms with Crippen LogP contribution in [0.5, 0.6) is 0 Å². The number of rotatable bonds is 3. The van der Waals surface area contributed by atoms with Gasteiger partial charge in [0.15, 0.2) is 0 Å². The lowest BCUT2D eigenvalue weighted by molar-refractivity contribution is 0.493. The smallest absolute Gasteiger partial charge is 0.258 e. The predicted molar refractivity (Wildman–Crippen MR) is 66.5 cm³/mol. The number of hydrogen-bond acceptors (Lipinski definition) is 4. The van der Waals surface area contributed by atoms with E-state index in [0.29, 0.717) is 22.6 Å². The number of aromatic amines is 1. The molecule has 0 bridgehead atoms. The van der Waals surface area contributed by atoms with E-state index >= 15 is 0 Å². The van der Waals surface area contributed by atoms with Crippen molar-refractivity contribution in [3.05, 3.63) is 34.6 Å². The summed E-state index contributed by atoms with van der Waals surface area (Å²) in [6.07, 6.45) is 3.94. The number of nitrogens with one attached hydrogen (secondary N) is 1. The van der Waals surface area contributed by atoms with Crippen molar-refractivity contribution in [2.45, 2.75) is 26.3 Å². The molecule has 0 saturated carbocycles. The second-order valence-corrected chi connectivity index (χ2v) is 4.58. The summed E-state index contributed by atoms with van der Waals surface area (Å²) >= 11 is 0. The molecule has 1 atom stereocenters. The Hall–Kier alpha value is -1.75. The van der Waals surface area contributed by atoms with Crippen LogP contribution < -0.4 is 11.3 Å². The van der Waals surface area contributed by atoms with Crippen molar-refractivity contribution in [2.24, 2.45) is 11.7 Å². The van der Waals surface area contributed by atoms with Gasteiger partial charge in [0.05, 0.1) is 23.1 Å². The van der Waals surface area contributed by atoms with Gasteiger partial charge >= 0.3 is 0 Å². The Kier molecular flexibility index (Phi) is 3.19. The summed E-state index contributed by atoms with van der Waals surface area (Å²) in [6.45, 7) is 4.17. The van der Waals surface area contributed by atoms with Gasteiger partial charge in [-0.3, -0.25) is 9.78 Å². The summed E-state index contributed by atoms with van der Waals surface area (Å²) in [4.78, 5) is 22.9. The standard InChI is InChI=1S/C12H16N4O/c1-7(2)5-9(13)11-15-10-6-14-4-3-8(10)12(17)16-11/h3-4,6-7,9H,5,13H2,1-2H3,(H,15,16,17)/t9-/m0/s1. The Morgan fingerprint density at radius 1 is 1.47 bits per heavy atom. The fraction of sp³-hybridized carbons (Fsp3) is 0.417. The van der Waals surface area contributed by atoms with E-state index in [2.05, 4.69) is 28.8 Å². The quantitative estimate of drug-likeness (QED) is 0.836. The third kappa shape index (κ3) is 2.50. The molecular weight excluding hydrogens is 216 g/mol. The molecule has 0 aliphatic carbocycles. The van der Waals surface area contributed by atoms with Gasteiger partial charge in [0.2, 0.25) is 0 Å². The van der Waals surface area contributed by atoms with Crippen molar-refractivity contribution in [2.75, 3.05) is 0 Å². The third-order valence-electron chi connectivity index (χ3n) is 2.60. The first kappa shape index (κ1) is 11.7. The minimum atomic E-state index is -0.243. The number of aromatic nitrogens is 3. The molecule has 2 heterocycles. The monoisotopic (exact) mass is 232 g/mol. The summed E-state index contributed by atoms with van der Waals surface area (Å²) in [6, 6.07) is 1.41. The Morgan fingerprint density at radius 3 is 2.94 bits per heavy atom. The maximum absolute atomic E-state index is 11.8. The normalized spacial score (nSPS) is 13.2. The van der Waals surface area contributed by atoms with Gasteiger partial charge in [0.25, 0.3) is 5.56 Å². The molecule has 0 aliphatic rings. The number of nitrogens with two attached hydrogens (primary N) is 1. The van der Waals surface area contributed by atoms with Crippen LogP contribution in [0.1, 0.15) is 32.1 Å². The molecule has 90 valence electrons.